The summed E-state index contributed by atoms with van der Waals surface area (Å²) in [5.74, 6) is 0. The van der Waals surface area contributed by atoms with Crippen molar-refractivity contribution in [2.24, 2.45) is 0 Å². The van der Waals surface area contributed by atoms with E-state index in [1.165, 1.54) is 0 Å². The molecule has 31 atom stereocenters. The zero-order valence-electron chi connectivity index (χ0n) is 37.6. The largest absolute Gasteiger partial charge is 0.394 e. The monoisotopic (exact) mass is 1040 g/mol. The van der Waals surface area contributed by atoms with Gasteiger partial charge in [-0.2, -0.15) is 0 Å². The molecule has 31 nitrogen and oxygen atoms in total. The van der Waals surface area contributed by atoms with Gasteiger partial charge in [0.15, 0.2) is 44.0 Å². The number of ether oxygens (including phenoxy) is 14. The van der Waals surface area contributed by atoms with Crippen LogP contribution in [0, 0.1) is 0 Å². The van der Waals surface area contributed by atoms with Crippen LogP contribution in [-0.2, 0) is 66.3 Å². The van der Waals surface area contributed by atoms with E-state index in [1.807, 2.05) is 0 Å². The molecule has 7 unspecified atom stereocenters. The molecule has 31 heteroatoms. The van der Waals surface area contributed by atoms with E-state index in [0.717, 1.165) is 0 Å². The summed E-state index contributed by atoms with van der Waals surface area (Å²) in [4.78, 5) is 0. The van der Waals surface area contributed by atoms with E-state index in [9.17, 15) is 86.8 Å². The summed E-state index contributed by atoms with van der Waals surface area (Å²) < 4.78 is 80.2. The minimum atomic E-state index is -2.13. The summed E-state index contributed by atoms with van der Waals surface area (Å²) in [7, 11) is 0. The van der Waals surface area contributed by atoms with Crippen LogP contribution in [0.1, 0.15) is 12.8 Å². The van der Waals surface area contributed by atoms with Crippen molar-refractivity contribution in [1.82, 2.24) is 0 Å². The lowest BCUT2D eigenvalue weighted by Gasteiger charge is -2.49. The molecule has 0 aromatic rings. The first kappa shape index (κ1) is 56.0. The van der Waals surface area contributed by atoms with Gasteiger partial charge in [0.05, 0.1) is 58.5 Å². The molecular formula is C40H66O31. The van der Waals surface area contributed by atoms with Crippen LogP contribution in [-0.4, -0.2) is 324 Å². The Bertz CT molecular complexity index is 1650. The van der Waals surface area contributed by atoms with Crippen molar-refractivity contribution in [3.63, 3.8) is 0 Å². The maximum Gasteiger partial charge on any atom is 0.187 e. The molecule has 0 radical (unpaired) electrons. The van der Waals surface area contributed by atoms with Crippen LogP contribution in [0.5, 0.6) is 0 Å². The third kappa shape index (κ3) is 11.6. The van der Waals surface area contributed by atoms with Gasteiger partial charge in [0.1, 0.15) is 134 Å². The molecule has 0 aromatic carbocycles. The number of aliphatic hydroxyl groups excluding tert-OH is 17. The molecule has 17 N–H and O–H groups in total. The quantitative estimate of drug-likeness (QED) is 0.122. The summed E-state index contributed by atoms with van der Waals surface area (Å²) in [5, 5.41) is 185. The molecular weight excluding hydrogens is 976 g/mol. The van der Waals surface area contributed by atoms with E-state index in [1.54, 1.807) is 0 Å². The van der Waals surface area contributed by atoms with Crippen LogP contribution in [0.4, 0.5) is 0 Å². The van der Waals surface area contributed by atoms with Crippen molar-refractivity contribution < 1.29 is 153 Å². The van der Waals surface area contributed by atoms with E-state index in [0.29, 0.717) is 0 Å². The van der Waals surface area contributed by atoms with Crippen molar-refractivity contribution in [2.75, 3.05) is 46.2 Å². The molecule has 0 spiro atoms. The molecule has 0 aliphatic carbocycles. The Labute approximate surface area is 402 Å². The van der Waals surface area contributed by atoms with E-state index in [4.69, 9.17) is 66.3 Å². The Kier molecular flexibility index (Phi) is 18.9. The summed E-state index contributed by atoms with van der Waals surface area (Å²) >= 11 is 0. The Morgan fingerprint density at radius 1 is 0.268 bits per heavy atom. The number of hydrogen-bond acceptors (Lipinski definition) is 31. The van der Waals surface area contributed by atoms with E-state index < -0.39 is 230 Å². The van der Waals surface area contributed by atoms with Crippen LogP contribution < -0.4 is 0 Å². The fraction of sp³-hybridized carbons (Fsp3) is 1.00. The first-order valence-corrected chi connectivity index (χ1v) is 23.2. The minimum absolute atomic E-state index is 0.247. The number of rotatable bonds is 5. The lowest BCUT2D eigenvalue weighted by atomic mass is 9.95. The summed E-state index contributed by atoms with van der Waals surface area (Å²) in [6.07, 6.45) is -54.3. The highest BCUT2D eigenvalue weighted by Gasteiger charge is 2.57. The Hall–Kier alpha value is -1.24. The molecule has 21 aliphatic rings. The van der Waals surface area contributed by atoms with Crippen molar-refractivity contribution in [3.05, 3.63) is 0 Å². The fourth-order valence-corrected chi connectivity index (χ4v) is 9.76. The molecule has 0 aromatic heterocycles. The first-order chi connectivity index (χ1) is 33.9. The van der Waals surface area contributed by atoms with Gasteiger partial charge >= 0.3 is 0 Å². The highest BCUT2D eigenvalue weighted by molar-refractivity contribution is 4.99. The second-order valence-electron chi connectivity index (χ2n) is 18.6. The van der Waals surface area contributed by atoms with Gasteiger partial charge in [-0.1, -0.05) is 0 Å². The Morgan fingerprint density at radius 2 is 0.606 bits per heavy atom. The van der Waals surface area contributed by atoms with Gasteiger partial charge in [0.25, 0.3) is 0 Å². The zero-order valence-corrected chi connectivity index (χ0v) is 37.6. The standard InChI is InChI=1S/C40H66O31/c41-3-14-13-2-12(47)35(62-14)68-30-15(4-42)64-38(27(55)22(30)50)70-32-17(6-44)66-40(29(57)24(32)52)71-33-18(7-45)65-39(28(56)23(33)51)69-31-16(5-43)63-37(26(54)21(31)49)60-10-1-11(46)34(58-8-10)67-19-9-59-36(61-13)25(53)20(19)48/h10-57H,1-9H2/t10?,11-,12-,13?,14-,15-,16-,17-,18-,19?,20?,21-,22-,23-,24-,25-,26-,27-,28-,29-,30-,31-,32-,33-,34?,35-,36?,37?,38-,39-,40-/m1/s1. The van der Waals surface area contributed by atoms with E-state index >= 15 is 0 Å². The molecule has 71 heavy (non-hydrogen) atoms. The second kappa shape index (κ2) is 24.0. The van der Waals surface area contributed by atoms with E-state index in [-0.39, 0.29) is 19.4 Å². The molecule has 21 saturated heterocycles. The average Bonchev–Trinajstić information content (AvgIpc) is 3.35. The lowest BCUT2D eigenvalue weighted by Crippen LogP contribution is -2.68. The molecule has 21 rings (SSSR count). The Morgan fingerprint density at radius 3 is 1.01 bits per heavy atom. The number of aliphatic hydroxyl groups is 17. The van der Waals surface area contributed by atoms with Gasteiger partial charge in [-0.05, 0) is 0 Å². The SMILES string of the molecule is OC[C@H]1O[C@@H]2O[C@H]3[C@H](O)[C@@H](O)[C@@H](O[C@H]4[C@H](O)[C@@H](O)[C@@H](O[C@H]5[C@H](O)[C@@H](O)[C@@H](O[C@H]6[C@H](O)[C@@H](O)C(OC7COC(OC8COC(OC1C[C@H]2O)[C@H](O)C8O)[C@H](O)C7)O[C@@H]6CO)O[C@@H]5CO)O[C@@H]4CO)O[C@@H]3CO. The van der Waals surface area contributed by atoms with Gasteiger partial charge in [-0.15, -0.1) is 0 Å². The van der Waals surface area contributed by atoms with E-state index in [2.05, 4.69) is 0 Å². The summed E-state index contributed by atoms with van der Waals surface area (Å²) in [6.45, 7) is -5.35. The maximum atomic E-state index is 11.3. The van der Waals surface area contributed by atoms with Gasteiger partial charge in [0.2, 0.25) is 0 Å². The highest BCUT2D eigenvalue weighted by Crippen LogP contribution is 2.37. The third-order valence-electron chi connectivity index (χ3n) is 13.8. The normalized spacial score (nSPS) is 54.8. The molecule has 21 fully saturated rings. The van der Waals surface area contributed by atoms with Crippen molar-refractivity contribution in [2.45, 2.75) is 203 Å². The van der Waals surface area contributed by atoms with Gasteiger partial charge in [-0.25, -0.2) is 0 Å². The molecule has 14 bridgehead atoms. The van der Waals surface area contributed by atoms with Crippen LogP contribution in [0.3, 0.4) is 0 Å². The topological polar surface area (TPSA) is 473 Å². The second-order valence-corrected chi connectivity index (χ2v) is 18.6. The lowest BCUT2D eigenvalue weighted by molar-refractivity contribution is -0.393. The smallest absolute Gasteiger partial charge is 0.187 e. The van der Waals surface area contributed by atoms with Gasteiger partial charge in [0, 0.05) is 12.8 Å². The first-order valence-electron chi connectivity index (χ1n) is 23.2. The third-order valence-corrected chi connectivity index (χ3v) is 13.8. The Balaban J connectivity index is 1.02. The van der Waals surface area contributed by atoms with Crippen molar-refractivity contribution in [3.8, 4) is 0 Å². The minimum Gasteiger partial charge on any atom is -0.394 e. The summed E-state index contributed by atoms with van der Waals surface area (Å²) in [6, 6.07) is 0. The molecule has 0 amide bonds. The molecule has 412 valence electrons. The fourth-order valence-electron chi connectivity index (χ4n) is 9.76. The van der Waals surface area contributed by atoms with Crippen molar-refractivity contribution >= 4 is 0 Å². The van der Waals surface area contributed by atoms with Crippen LogP contribution in [0.15, 0.2) is 0 Å². The van der Waals surface area contributed by atoms with Crippen molar-refractivity contribution in [1.29, 1.82) is 0 Å². The van der Waals surface area contributed by atoms with Crippen LogP contribution in [0.25, 0.3) is 0 Å². The van der Waals surface area contributed by atoms with Crippen LogP contribution in [0.2, 0.25) is 0 Å². The van der Waals surface area contributed by atoms with Crippen LogP contribution >= 0.6 is 0 Å². The predicted octanol–water partition coefficient (Wildman–Crippen LogP) is -11.9. The van der Waals surface area contributed by atoms with Gasteiger partial charge in [-0.3, -0.25) is 0 Å². The summed E-state index contributed by atoms with van der Waals surface area (Å²) in [5.41, 5.74) is 0. The maximum absolute atomic E-state index is 11.3. The number of hydrogen-bond donors (Lipinski definition) is 17. The average molecular weight is 1040 g/mol. The molecule has 21 aliphatic heterocycles. The predicted molar refractivity (Wildman–Crippen MR) is 214 cm³/mol. The molecule has 0 saturated carbocycles. The highest BCUT2D eigenvalue weighted by atomic mass is 16.8. The molecule has 21 heterocycles. The zero-order chi connectivity index (χ0) is 51.2. The van der Waals surface area contributed by atoms with Gasteiger partial charge < -0.3 is 153 Å².